The smallest absolute Gasteiger partial charge is 0.341 e. The standard InChI is InChI=1S/C18H20N2O3S/c1-13-6-8-14(9-7-13)11-20(2)16(21)12-23-18(22)15-5-4-10-19-17(15)24-3/h4-10H,11-12H2,1-3H3. The highest BCUT2D eigenvalue weighted by Crippen LogP contribution is 2.17. The molecule has 1 aromatic carbocycles. The zero-order valence-corrected chi connectivity index (χ0v) is 14.8. The first-order valence-corrected chi connectivity index (χ1v) is 8.69. The Morgan fingerprint density at radius 1 is 1.21 bits per heavy atom. The molecular formula is C18H20N2O3S. The number of likely N-dealkylation sites (N-methyl/N-ethyl adjacent to an activating group) is 1. The first-order chi connectivity index (χ1) is 11.5. The van der Waals surface area contributed by atoms with Crippen LogP contribution in [0.1, 0.15) is 21.5 Å². The predicted molar refractivity (Wildman–Crippen MR) is 94.0 cm³/mol. The molecular weight excluding hydrogens is 324 g/mol. The van der Waals surface area contributed by atoms with Gasteiger partial charge in [-0.3, -0.25) is 4.79 Å². The van der Waals surface area contributed by atoms with E-state index in [9.17, 15) is 9.59 Å². The van der Waals surface area contributed by atoms with E-state index < -0.39 is 5.97 Å². The van der Waals surface area contributed by atoms with E-state index in [1.165, 1.54) is 22.2 Å². The Bertz CT molecular complexity index is 716. The van der Waals surface area contributed by atoms with Crippen LogP contribution < -0.4 is 0 Å². The maximum Gasteiger partial charge on any atom is 0.341 e. The van der Waals surface area contributed by atoms with Crippen molar-refractivity contribution >= 4 is 23.6 Å². The van der Waals surface area contributed by atoms with Crippen LogP contribution in [-0.4, -0.2) is 41.7 Å². The molecule has 1 heterocycles. The number of carbonyl (C=O) groups is 2. The van der Waals surface area contributed by atoms with E-state index in [4.69, 9.17) is 4.74 Å². The second-order valence-electron chi connectivity index (χ2n) is 5.37. The zero-order chi connectivity index (χ0) is 17.5. The highest BCUT2D eigenvalue weighted by atomic mass is 32.2. The van der Waals surface area contributed by atoms with Gasteiger partial charge in [0, 0.05) is 19.8 Å². The third kappa shape index (κ3) is 4.83. The number of ether oxygens (including phenoxy) is 1. The van der Waals surface area contributed by atoms with Crippen LogP contribution in [-0.2, 0) is 16.1 Å². The summed E-state index contributed by atoms with van der Waals surface area (Å²) in [5.41, 5.74) is 2.57. The SMILES string of the molecule is CSc1ncccc1C(=O)OCC(=O)N(C)Cc1ccc(C)cc1. The highest BCUT2D eigenvalue weighted by molar-refractivity contribution is 7.98. The van der Waals surface area contributed by atoms with E-state index in [1.54, 1.807) is 25.4 Å². The maximum absolute atomic E-state index is 12.1. The monoisotopic (exact) mass is 344 g/mol. The maximum atomic E-state index is 12.1. The van der Waals surface area contributed by atoms with Crippen molar-refractivity contribution in [2.45, 2.75) is 18.5 Å². The van der Waals surface area contributed by atoms with Crippen molar-refractivity contribution < 1.29 is 14.3 Å². The minimum Gasteiger partial charge on any atom is -0.452 e. The molecule has 0 fully saturated rings. The molecule has 0 radical (unpaired) electrons. The summed E-state index contributed by atoms with van der Waals surface area (Å²) in [6.45, 7) is 2.20. The number of carbonyl (C=O) groups excluding carboxylic acids is 2. The Balaban J connectivity index is 1.90. The largest absolute Gasteiger partial charge is 0.452 e. The fourth-order valence-corrected chi connectivity index (χ4v) is 2.62. The van der Waals surface area contributed by atoms with Gasteiger partial charge >= 0.3 is 5.97 Å². The van der Waals surface area contributed by atoms with Gasteiger partial charge < -0.3 is 9.64 Å². The van der Waals surface area contributed by atoms with Crippen LogP contribution in [0.25, 0.3) is 0 Å². The first kappa shape index (κ1) is 18.0. The summed E-state index contributed by atoms with van der Waals surface area (Å²) in [5.74, 6) is -0.789. The fourth-order valence-electron chi connectivity index (χ4n) is 2.08. The van der Waals surface area contributed by atoms with Crippen molar-refractivity contribution in [1.29, 1.82) is 0 Å². The van der Waals surface area contributed by atoms with Crippen molar-refractivity contribution in [3.63, 3.8) is 0 Å². The van der Waals surface area contributed by atoms with E-state index in [0.717, 1.165) is 5.56 Å². The number of hydrogen-bond donors (Lipinski definition) is 0. The van der Waals surface area contributed by atoms with Gasteiger partial charge in [-0.05, 0) is 30.9 Å². The van der Waals surface area contributed by atoms with Gasteiger partial charge in [0.05, 0.1) is 5.56 Å². The van der Waals surface area contributed by atoms with Crippen LogP contribution in [0.3, 0.4) is 0 Å². The van der Waals surface area contributed by atoms with E-state index >= 15 is 0 Å². The molecule has 126 valence electrons. The number of thioether (sulfide) groups is 1. The molecule has 0 unspecified atom stereocenters. The van der Waals surface area contributed by atoms with Gasteiger partial charge in [-0.1, -0.05) is 29.8 Å². The number of aryl methyl sites for hydroxylation is 1. The summed E-state index contributed by atoms with van der Waals surface area (Å²) in [6, 6.07) is 11.3. The highest BCUT2D eigenvalue weighted by Gasteiger charge is 2.16. The van der Waals surface area contributed by atoms with Gasteiger partial charge in [-0.25, -0.2) is 9.78 Å². The summed E-state index contributed by atoms with van der Waals surface area (Å²) in [7, 11) is 1.69. The number of amides is 1. The summed E-state index contributed by atoms with van der Waals surface area (Å²) >= 11 is 1.36. The van der Waals surface area contributed by atoms with Crippen molar-refractivity contribution in [3.05, 3.63) is 59.3 Å². The van der Waals surface area contributed by atoms with Crippen LogP contribution in [0.15, 0.2) is 47.6 Å². The molecule has 6 heteroatoms. The lowest BCUT2D eigenvalue weighted by Gasteiger charge is -2.17. The Labute approximate surface area is 146 Å². The number of benzene rings is 1. The average molecular weight is 344 g/mol. The second kappa shape index (κ2) is 8.49. The van der Waals surface area contributed by atoms with Crippen LogP contribution in [0.2, 0.25) is 0 Å². The predicted octanol–water partition coefficient (Wildman–Crippen LogP) is 2.93. The molecule has 0 saturated heterocycles. The Kier molecular flexibility index (Phi) is 6.37. The van der Waals surface area contributed by atoms with Gasteiger partial charge in [0.1, 0.15) is 5.03 Å². The molecule has 1 amide bonds. The molecule has 1 aromatic heterocycles. The molecule has 24 heavy (non-hydrogen) atoms. The summed E-state index contributed by atoms with van der Waals surface area (Å²) in [5, 5.41) is 0.586. The number of nitrogens with zero attached hydrogens (tertiary/aromatic N) is 2. The molecule has 2 rings (SSSR count). The molecule has 0 atom stereocenters. The van der Waals surface area contributed by atoms with Gasteiger partial charge in [-0.2, -0.15) is 0 Å². The molecule has 0 N–H and O–H groups in total. The van der Waals surface area contributed by atoms with E-state index in [1.807, 2.05) is 37.4 Å². The zero-order valence-electron chi connectivity index (χ0n) is 14.0. The Hall–Kier alpha value is -2.34. The van der Waals surface area contributed by atoms with Crippen molar-refractivity contribution in [3.8, 4) is 0 Å². The molecule has 0 aliphatic carbocycles. The summed E-state index contributed by atoms with van der Waals surface area (Å²) in [4.78, 5) is 29.9. The quantitative estimate of drug-likeness (QED) is 0.596. The normalized spacial score (nSPS) is 10.3. The van der Waals surface area contributed by atoms with Crippen LogP contribution in [0.4, 0.5) is 0 Å². The molecule has 0 saturated carbocycles. The van der Waals surface area contributed by atoms with Gasteiger partial charge in [-0.15, -0.1) is 11.8 Å². The molecule has 5 nitrogen and oxygen atoms in total. The minimum absolute atomic E-state index is 0.251. The van der Waals surface area contributed by atoms with Crippen molar-refractivity contribution in [2.75, 3.05) is 19.9 Å². The van der Waals surface area contributed by atoms with Crippen LogP contribution in [0.5, 0.6) is 0 Å². The third-order valence-electron chi connectivity index (χ3n) is 3.48. The number of esters is 1. The number of hydrogen-bond acceptors (Lipinski definition) is 5. The molecule has 0 aliphatic heterocycles. The third-order valence-corrected chi connectivity index (χ3v) is 4.19. The molecule has 0 bridgehead atoms. The fraction of sp³-hybridized carbons (Fsp3) is 0.278. The topological polar surface area (TPSA) is 59.5 Å². The summed E-state index contributed by atoms with van der Waals surface area (Å²) in [6.07, 6.45) is 3.45. The van der Waals surface area contributed by atoms with Gasteiger partial charge in [0.2, 0.25) is 0 Å². The summed E-state index contributed by atoms with van der Waals surface area (Å²) < 4.78 is 5.13. The first-order valence-electron chi connectivity index (χ1n) is 7.47. The lowest BCUT2D eigenvalue weighted by atomic mass is 10.1. The number of pyridine rings is 1. The van der Waals surface area contributed by atoms with E-state index in [2.05, 4.69) is 4.98 Å². The van der Waals surface area contributed by atoms with Gasteiger partial charge in [0.25, 0.3) is 5.91 Å². The Morgan fingerprint density at radius 2 is 1.92 bits per heavy atom. The second-order valence-corrected chi connectivity index (χ2v) is 6.17. The van der Waals surface area contributed by atoms with E-state index in [0.29, 0.717) is 17.1 Å². The van der Waals surface area contributed by atoms with Crippen molar-refractivity contribution in [1.82, 2.24) is 9.88 Å². The average Bonchev–Trinajstić information content (AvgIpc) is 2.61. The molecule has 2 aromatic rings. The Morgan fingerprint density at radius 3 is 2.58 bits per heavy atom. The number of rotatable bonds is 6. The lowest BCUT2D eigenvalue weighted by Crippen LogP contribution is -2.30. The van der Waals surface area contributed by atoms with Crippen molar-refractivity contribution in [2.24, 2.45) is 0 Å². The van der Waals surface area contributed by atoms with Crippen LogP contribution in [0, 0.1) is 6.92 Å². The molecule has 0 spiro atoms. The number of aromatic nitrogens is 1. The molecule has 0 aliphatic rings. The lowest BCUT2D eigenvalue weighted by molar-refractivity contribution is -0.133. The minimum atomic E-state index is -0.537. The van der Waals surface area contributed by atoms with E-state index in [-0.39, 0.29) is 12.5 Å². The van der Waals surface area contributed by atoms with Gasteiger partial charge in [0.15, 0.2) is 6.61 Å². The van der Waals surface area contributed by atoms with Crippen LogP contribution >= 0.6 is 11.8 Å².